The lowest BCUT2D eigenvalue weighted by Gasteiger charge is -2.41. The van der Waals surface area contributed by atoms with Crippen LogP contribution in [0.2, 0.25) is 0 Å². The number of amides is 1. The predicted octanol–water partition coefficient (Wildman–Crippen LogP) is 6.19. The fourth-order valence-electron chi connectivity index (χ4n) is 5.89. The molecular formula is C31H43N3O3. The number of ether oxygens (including phenoxy) is 2. The number of benzene rings is 2. The molecule has 1 amide bonds. The highest BCUT2D eigenvalue weighted by molar-refractivity contribution is 5.68. The predicted molar refractivity (Wildman–Crippen MR) is 148 cm³/mol. The van der Waals surface area contributed by atoms with Crippen molar-refractivity contribution in [2.75, 3.05) is 44.2 Å². The third kappa shape index (κ3) is 6.59. The first-order valence-electron chi connectivity index (χ1n) is 14.2. The van der Waals surface area contributed by atoms with Crippen molar-refractivity contribution in [1.82, 2.24) is 9.80 Å². The molecule has 1 atom stereocenters. The number of carbonyl (C=O) groups excluding carboxylic acids is 1. The Bertz CT molecular complexity index is 1050. The van der Waals surface area contributed by atoms with Gasteiger partial charge in [0.05, 0.1) is 0 Å². The molecule has 200 valence electrons. The van der Waals surface area contributed by atoms with Gasteiger partial charge in [-0.2, -0.15) is 0 Å². The van der Waals surface area contributed by atoms with Crippen molar-refractivity contribution in [3.05, 3.63) is 59.2 Å². The summed E-state index contributed by atoms with van der Waals surface area (Å²) in [5.41, 5.74) is 4.90. The number of piperazine rings is 1. The first-order chi connectivity index (χ1) is 17.9. The number of hydrogen-bond acceptors (Lipinski definition) is 5. The SMILES string of the molecule is CC(C)(C)OC(=O)N1CCN(C2CCCc3ccc(OCc4ccc(N5CCCCC5)cc4)cc32)CC1. The number of fused-ring (bicyclic) bond motifs is 1. The number of carbonyl (C=O) groups is 1. The zero-order valence-electron chi connectivity index (χ0n) is 22.9. The van der Waals surface area contributed by atoms with Crippen LogP contribution in [-0.2, 0) is 17.8 Å². The smallest absolute Gasteiger partial charge is 0.410 e. The summed E-state index contributed by atoms with van der Waals surface area (Å²) < 4.78 is 11.9. The topological polar surface area (TPSA) is 45.3 Å². The number of hydrogen-bond donors (Lipinski definition) is 0. The largest absolute Gasteiger partial charge is 0.489 e. The van der Waals surface area contributed by atoms with Gasteiger partial charge in [-0.1, -0.05) is 18.2 Å². The molecule has 0 N–H and O–H groups in total. The van der Waals surface area contributed by atoms with E-state index in [1.165, 1.54) is 61.2 Å². The number of aryl methyl sites for hydroxylation is 1. The van der Waals surface area contributed by atoms with Crippen LogP contribution in [-0.4, -0.2) is 60.8 Å². The Labute approximate surface area is 222 Å². The highest BCUT2D eigenvalue weighted by Crippen LogP contribution is 2.37. The molecule has 2 heterocycles. The van der Waals surface area contributed by atoms with Crippen LogP contribution in [0.5, 0.6) is 5.75 Å². The Morgan fingerprint density at radius 3 is 2.32 bits per heavy atom. The molecule has 0 bridgehead atoms. The van der Waals surface area contributed by atoms with Crippen LogP contribution in [0.4, 0.5) is 10.5 Å². The van der Waals surface area contributed by atoms with E-state index < -0.39 is 5.60 Å². The van der Waals surface area contributed by atoms with E-state index in [-0.39, 0.29) is 6.09 Å². The number of anilines is 1. The Morgan fingerprint density at radius 1 is 0.892 bits per heavy atom. The molecule has 1 aliphatic carbocycles. The van der Waals surface area contributed by atoms with Crippen LogP contribution in [0.3, 0.4) is 0 Å². The summed E-state index contributed by atoms with van der Waals surface area (Å²) >= 11 is 0. The fraction of sp³-hybridized carbons (Fsp3) is 0.581. The van der Waals surface area contributed by atoms with E-state index in [0.29, 0.717) is 25.7 Å². The Kier molecular flexibility index (Phi) is 7.94. The molecule has 2 aliphatic heterocycles. The van der Waals surface area contributed by atoms with Gasteiger partial charge >= 0.3 is 6.09 Å². The summed E-state index contributed by atoms with van der Waals surface area (Å²) in [4.78, 5) is 19.4. The third-order valence-corrected chi connectivity index (χ3v) is 7.87. The van der Waals surface area contributed by atoms with Gasteiger partial charge in [0.15, 0.2) is 0 Å². The van der Waals surface area contributed by atoms with Crippen molar-refractivity contribution in [2.24, 2.45) is 0 Å². The van der Waals surface area contributed by atoms with Gasteiger partial charge in [-0.3, -0.25) is 4.90 Å². The molecule has 3 aliphatic rings. The minimum Gasteiger partial charge on any atom is -0.489 e. The summed E-state index contributed by atoms with van der Waals surface area (Å²) in [6.07, 6.45) is 7.23. The molecule has 0 spiro atoms. The lowest BCUT2D eigenvalue weighted by atomic mass is 9.86. The molecule has 0 saturated carbocycles. The minimum absolute atomic E-state index is 0.198. The number of nitrogens with zero attached hydrogens (tertiary/aromatic N) is 3. The fourth-order valence-corrected chi connectivity index (χ4v) is 5.89. The van der Waals surface area contributed by atoms with E-state index >= 15 is 0 Å². The molecule has 6 heteroatoms. The molecule has 2 aromatic carbocycles. The van der Waals surface area contributed by atoms with Gasteiger partial charge < -0.3 is 19.3 Å². The monoisotopic (exact) mass is 505 g/mol. The lowest BCUT2D eigenvalue weighted by molar-refractivity contribution is 0.00926. The van der Waals surface area contributed by atoms with Gasteiger partial charge in [-0.05, 0) is 100 Å². The standard InChI is InChI=1S/C31H43N3O3/c1-31(2,3)37-30(35)34-20-18-33(19-21-34)29-9-7-8-25-12-15-27(22-28(25)29)36-23-24-10-13-26(14-11-24)32-16-5-4-6-17-32/h10-15,22,29H,4-9,16-21,23H2,1-3H3. The van der Waals surface area contributed by atoms with E-state index in [0.717, 1.165) is 31.7 Å². The summed E-state index contributed by atoms with van der Waals surface area (Å²) in [7, 11) is 0. The first kappa shape index (κ1) is 25.9. The van der Waals surface area contributed by atoms with Crippen LogP contribution < -0.4 is 9.64 Å². The highest BCUT2D eigenvalue weighted by Gasteiger charge is 2.31. The van der Waals surface area contributed by atoms with E-state index in [1.54, 1.807) is 0 Å². The second-order valence-electron chi connectivity index (χ2n) is 11.8. The normalized spacial score (nSPS) is 20.9. The molecule has 37 heavy (non-hydrogen) atoms. The Hall–Kier alpha value is -2.73. The van der Waals surface area contributed by atoms with E-state index in [9.17, 15) is 4.79 Å². The molecule has 0 radical (unpaired) electrons. The first-order valence-corrected chi connectivity index (χ1v) is 14.2. The van der Waals surface area contributed by atoms with Crippen LogP contribution in [0, 0.1) is 0 Å². The summed E-state index contributed by atoms with van der Waals surface area (Å²) in [6, 6.07) is 15.9. The maximum Gasteiger partial charge on any atom is 0.410 e. The molecule has 1 unspecified atom stereocenters. The van der Waals surface area contributed by atoms with Crippen molar-refractivity contribution in [1.29, 1.82) is 0 Å². The van der Waals surface area contributed by atoms with Crippen molar-refractivity contribution in [3.8, 4) is 5.75 Å². The summed E-state index contributed by atoms with van der Waals surface area (Å²) in [5, 5.41) is 0. The summed E-state index contributed by atoms with van der Waals surface area (Å²) in [6.45, 7) is 11.9. The highest BCUT2D eigenvalue weighted by atomic mass is 16.6. The quantitative estimate of drug-likeness (QED) is 0.485. The van der Waals surface area contributed by atoms with Gasteiger partial charge in [-0.25, -0.2) is 4.79 Å². The molecule has 0 aromatic heterocycles. The Balaban J connectivity index is 1.19. The van der Waals surface area contributed by atoms with E-state index in [2.05, 4.69) is 52.3 Å². The third-order valence-electron chi connectivity index (χ3n) is 7.87. The zero-order valence-corrected chi connectivity index (χ0v) is 22.9. The van der Waals surface area contributed by atoms with Gasteiger partial charge in [0, 0.05) is 51.0 Å². The number of piperidine rings is 1. The van der Waals surface area contributed by atoms with Crippen molar-refractivity contribution < 1.29 is 14.3 Å². The van der Waals surface area contributed by atoms with E-state index in [1.807, 2.05) is 25.7 Å². The molecule has 5 rings (SSSR count). The van der Waals surface area contributed by atoms with Gasteiger partial charge in [0.1, 0.15) is 18.0 Å². The van der Waals surface area contributed by atoms with Crippen LogP contribution in [0.15, 0.2) is 42.5 Å². The maximum absolute atomic E-state index is 12.5. The second kappa shape index (κ2) is 11.3. The molecule has 2 fully saturated rings. The molecule has 2 aromatic rings. The average molecular weight is 506 g/mol. The summed E-state index contributed by atoms with van der Waals surface area (Å²) in [5.74, 6) is 0.943. The average Bonchev–Trinajstić information content (AvgIpc) is 2.91. The second-order valence-corrected chi connectivity index (χ2v) is 11.8. The lowest BCUT2D eigenvalue weighted by Crippen LogP contribution is -2.51. The van der Waals surface area contributed by atoms with Crippen molar-refractivity contribution in [3.63, 3.8) is 0 Å². The van der Waals surface area contributed by atoms with Gasteiger partial charge in [-0.15, -0.1) is 0 Å². The minimum atomic E-state index is -0.456. The van der Waals surface area contributed by atoms with Crippen molar-refractivity contribution in [2.45, 2.75) is 77.5 Å². The van der Waals surface area contributed by atoms with E-state index in [4.69, 9.17) is 9.47 Å². The molecular weight excluding hydrogens is 462 g/mol. The van der Waals surface area contributed by atoms with Crippen LogP contribution >= 0.6 is 0 Å². The van der Waals surface area contributed by atoms with Gasteiger partial charge in [0.2, 0.25) is 0 Å². The Morgan fingerprint density at radius 2 is 1.62 bits per heavy atom. The van der Waals surface area contributed by atoms with Crippen molar-refractivity contribution >= 4 is 11.8 Å². The van der Waals surface area contributed by atoms with Crippen LogP contribution in [0.1, 0.15) is 75.6 Å². The molecule has 2 saturated heterocycles. The zero-order chi connectivity index (χ0) is 25.8. The number of rotatable bonds is 5. The maximum atomic E-state index is 12.5. The van der Waals surface area contributed by atoms with Crippen LogP contribution in [0.25, 0.3) is 0 Å². The van der Waals surface area contributed by atoms with Gasteiger partial charge in [0.25, 0.3) is 0 Å². The molecule has 6 nitrogen and oxygen atoms in total.